The molecule has 1 aliphatic rings. The first kappa shape index (κ1) is 7.24. The Morgan fingerprint density at radius 2 is 1.78 bits per heavy atom. The largest absolute Gasteiger partial charge is 0.0992 e. The van der Waals surface area contributed by atoms with Crippen molar-refractivity contribution in [3.05, 3.63) is 0 Å². The molecule has 0 nitrogen and oxygen atoms in total. The number of hydrogen-bond donors (Lipinski definition) is 0. The molecule has 1 rings (SSSR count). The molecular weight excluding hydrogens is 106 g/mol. The lowest BCUT2D eigenvalue weighted by Gasteiger charge is -2.45. The number of rotatable bonds is 1. The normalized spacial score (nSPS) is 26.1. The van der Waals surface area contributed by atoms with Crippen molar-refractivity contribution < 1.29 is 0 Å². The molecule has 0 aliphatic heterocycles. The molecule has 0 radical (unpaired) electrons. The number of hydrogen-bond acceptors (Lipinski definition) is 0. The van der Waals surface area contributed by atoms with E-state index in [1.54, 1.807) is 0 Å². The van der Waals surface area contributed by atoms with E-state index in [0.717, 1.165) is 11.8 Å². The Bertz CT molecular complexity index is 99.5. The summed E-state index contributed by atoms with van der Waals surface area (Å²) in [6, 6.07) is 0. The molecule has 1 aliphatic carbocycles. The van der Waals surface area contributed by atoms with Crippen molar-refractivity contribution in [2.24, 2.45) is 11.8 Å². The zero-order chi connectivity index (χ0) is 7.07. The third-order valence-electron chi connectivity index (χ3n) is 2.57. The molecule has 0 bridgehead atoms. The first-order valence-corrected chi connectivity index (χ1v) is 4.01. The van der Waals surface area contributed by atoms with E-state index in [1.807, 2.05) is 0 Å². The molecule has 0 heterocycles. The van der Waals surface area contributed by atoms with Gasteiger partial charge >= 0.3 is 0 Å². The van der Waals surface area contributed by atoms with Gasteiger partial charge in [-0.3, -0.25) is 0 Å². The van der Waals surface area contributed by atoms with Gasteiger partial charge in [-0.1, -0.05) is 31.9 Å². The van der Waals surface area contributed by atoms with Crippen LogP contribution in [0.1, 0.15) is 26.7 Å². The van der Waals surface area contributed by atoms with Gasteiger partial charge in [0, 0.05) is 0 Å². The van der Waals surface area contributed by atoms with Gasteiger partial charge in [-0.25, -0.2) is 0 Å². The maximum absolute atomic E-state index is 2.37. The summed E-state index contributed by atoms with van der Waals surface area (Å²) in [5.41, 5.74) is 0. The van der Waals surface area contributed by atoms with E-state index in [-0.39, 0.29) is 0 Å². The van der Waals surface area contributed by atoms with Crippen LogP contribution in [0.5, 0.6) is 0 Å². The fraction of sp³-hybridized carbons (Fsp3) is 1.00. The van der Waals surface area contributed by atoms with Crippen LogP contribution >= 0.6 is 0 Å². The van der Waals surface area contributed by atoms with Crippen molar-refractivity contribution in [1.82, 2.24) is 0 Å². The van der Waals surface area contributed by atoms with Gasteiger partial charge < -0.3 is 0 Å². The summed E-state index contributed by atoms with van der Waals surface area (Å²) in [5, 5.41) is 0.676. The lowest BCUT2D eigenvalue weighted by Crippen LogP contribution is -2.34. The predicted molar refractivity (Wildman–Crippen MR) is 47.3 cm³/mol. The van der Waals surface area contributed by atoms with Gasteiger partial charge in [-0.05, 0) is 11.8 Å². The van der Waals surface area contributed by atoms with Crippen molar-refractivity contribution in [3.8, 4) is 0 Å². The van der Waals surface area contributed by atoms with Gasteiger partial charge in [-0.15, -0.1) is 0 Å². The van der Waals surface area contributed by atoms with Gasteiger partial charge in [0.1, 0.15) is 0 Å². The first-order valence-electron chi connectivity index (χ1n) is 4.01. The second-order valence-electron chi connectivity index (χ2n) is 4.58. The van der Waals surface area contributed by atoms with Crippen molar-refractivity contribution in [2.75, 3.05) is 0 Å². The second kappa shape index (κ2) is 2.07. The van der Waals surface area contributed by atoms with Gasteiger partial charge in [0.2, 0.25) is 0 Å². The van der Waals surface area contributed by atoms with Crippen molar-refractivity contribution in [3.63, 3.8) is 0 Å². The van der Waals surface area contributed by atoms with Crippen LogP contribution in [0.2, 0.25) is 5.21 Å². The average Bonchev–Trinajstić information content (AvgIpc) is 1.59. The summed E-state index contributed by atoms with van der Waals surface area (Å²) in [7, 11) is 4.73. The Balaban J connectivity index is 2.27. The second-order valence-corrected chi connectivity index (χ2v) is 4.58. The van der Waals surface area contributed by atoms with Crippen LogP contribution in [0.3, 0.4) is 0 Å². The van der Waals surface area contributed by atoms with Crippen LogP contribution in [0.15, 0.2) is 0 Å². The summed E-state index contributed by atoms with van der Waals surface area (Å²) in [4.78, 5) is 0. The maximum atomic E-state index is 2.37. The van der Waals surface area contributed by atoms with Crippen molar-refractivity contribution in [2.45, 2.75) is 31.9 Å². The predicted octanol–water partition coefficient (Wildman–Crippen LogP) is 0.435. The lowest BCUT2D eigenvalue weighted by atomic mass is 9.39. The minimum absolute atomic E-state index is 0.676. The quantitative estimate of drug-likeness (QED) is 0.442. The molecule has 0 atom stereocenters. The van der Waals surface area contributed by atoms with Crippen LogP contribution in [-0.2, 0) is 0 Å². The summed E-state index contributed by atoms with van der Waals surface area (Å²) < 4.78 is 0. The third kappa shape index (κ3) is 1.53. The van der Waals surface area contributed by atoms with Crippen LogP contribution in [0.4, 0.5) is 0 Å². The average molecular weight is 122 g/mol. The zero-order valence-corrected chi connectivity index (χ0v) is 7.07. The highest BCUT2D eigenvalue weighted by atomic mass is 14.4. The molecule has 0 aromatic heterocycles. The molecule has 50 valence electrons. The van der Waals surface area contributed by atoms with Gasteiger partial charge in [0.25, 0.3) is 0 Å². The smallest absolute Gasteiger partial charge is 0.0839 e. The third-order valence-corrected chi connectivity index (χ3v) is 2.57. The highest BCUT2D eigenvalue weighted by molar-refractivity contribution is 6.40. The van der Waals surface area contributed by atoms with E-state index in [4.69, 9.17) is 0 Å². The van der Waals surface area contributed by atoms with Crippen LogP contribution in [-0.4, -0.2) is 15.7 Å². The summed E-state index contributed by atoms with van der Waals surface area (Å²) in [5.74, 6) is 1.94. The summed E-state index contributed by atoms with van der Waals surface area (Å²) >= 11 is 0. The van der Waals surface area contributed by atoms with E-state index < -0.39 is 0 Å². The Kier molecular flexibility index (Phi) is 1.67. The maximum Gasteiger partial charge on any atom is 0.0992 e. The molecule has 0 aromatic carbocycles. The molecule has 0 aromatic rings. The molecule has 1 fully saturated rings. The van der Waals surface area contributed by atoms with E-state index in [2.05, 4.69) is 29.5 Å². The van der Waals surface area contributed by atoms with Gasteiger partial charge in [0.15, 0.2) is 0 Å². The standard InChI is InChI=1S/C7H16B2/c1-5(2)6-3-7(8,9)4-6/h5-6H,3-4,8-9H2,1-2H3. The topological polar surface area (TPSA) is 0 Å². The van der Waals surface area contributed by atoms with Crippen molar-refractivity contribution in [1.29, 1.82) is 0 Å². The Hall–Kier alpha value is 0.130. The van der Waals surface area contributed by atoms with Gasteiger partial charge in [0.05, 0.1) is 15.7 Å². The minimum Gasteiger partial charge on any atom is -0.0839 e. The fourth-order valence-corrected chi connectivity index (χ4v) is 1.83. The molecule has 1 saturated carbocycles. The SMILES string of the molecule is BC1(B)CC(C(C)C)C1. The summed E-state index contributed by atoms with van der Waals surface area (Å²) in [6.07, 6.45) is 2.90. The Morgan fingerprint density at radius 1 is 1.33 bits per heavy atom. The molecule has 0 amide bonds. The minimum atomic E-state index is 0.676. The molecular formula is C7H16B2. The zero-order valence-electron chi connectivity index (χ0n) is 7.07. The Morgan fingerprint density at radius 3 is 1.89 bits per heavy atom. The first-order chi connectivity index (χ1) is 4.01. The van der Waals surface area contributed by atoms with E-state index in [0.29, 0.717) is 5.21 Å². The summed E-state index contributed by atoms with van der Waals surface area (Å²) in [6.45, 7) is 4.67. The molecule has 0 saturated heterocycles. The van der Waals surface area contributed by atoms with E-state index >= 15 is 0 Å². The molecule has 0 spiro atoms. The Labute approximate surface area is 60.2 Å². The highest BCUT2D eigenvalue weighted by Crippen LogP contribution is 2.49. The van der Waals surface area contributed by atoms with Gasteiger partial charge in [-0.2, -0.15) is 0 Å². The van der Waals surface area contributed by atoms with E-state index in [9.17, 15) is 0 Å². The van der Waals surface area contributed by atoms with Crippen LogP contribution < -0.4 is 0 Å². The van der Waals surface area contributed by atoms with Crippen LogP contribution in [0.25, 0.3) is 0 Å². The fourth-order valence-electron chi connectivity index (χ4n) is 1.83. The van der Waals surface area contributed by atoms with Crippen LogP contribution in [0, 0.1) is 11.8 Å². The highest BCUT2D eigenvalue weighted by Gasteiger charge is 2.36. The van der Waals surface area contributed by atoms with Crippen molar-refractivity contribution >= 4 is 15.7 Å². The lowest BCUT2D eigenvalue weighted by molar-refractivity contribution is 0.212. The molecule has 9 heavy (non-hydrogen) atoms. The van der Waals surface area contributed by atoms with E-state index in [1.165, 1.54) is 12.8 Å². The molecule has 2 heteroatoms. The molecule has 0 N–H and O–H groups in total. The monoisotopic (exact) mass is 122 g/mol. The molecule has 0 unspecified atom stereocenters.